The van der Waals surface area contributed by atoms with Crippen LogP contribution in [0.15, 0.2) is 24.3 Å². The van der Waals surface area contributed by atoms with Crippen LogP contribution in [0.4, 0.5) is 0 Å². The number of para-hydroxylation sites is 1. The van der Waals surface area contributed by atoms with Crippen molar-refractivity contribution < 1.29 is 14.3 Å². The summed E-state index contributed by atoms with van der Waals surface area (Å²) in [5, 5.41) is 3.33. The van der Waals surface area contributed by atoms with Crippen LogP contribution in [0.1, 0.15) is 31.4 Å². The van der Waals surface area contributed by atoms with Gasteiger partial charge in [0.1, 0.15) is 5.75 Å². The van der Waals surface area contributed by atoms with Gasteiger partial charge in [-0.05, 0) is 13.0 Å². The quantitative estimate of drug-likeness (QED) is 0.843. The lowest BCUT2D eigenvalue weighted by molar-refractivity contribution is -0.138. The van der Waals surface area contributed by atoms with E-state index in [1.54, 1.807) is 0 Å². The predicted octanol–water partition coefficient (Wildman–Crippen LogP) is 1.25. The van der Waals surface area contributed by atoms with Gasteiger partial charge in [-0.15, -0.1) is 0 Å². The maximum atomic E-state index is 12.1. The van der Waals surface area contributed by atoms with Crippen LogP contribution in [0.25, 0.3) is 0 Å². The van der Waals surface area contributed by atoms with Crippen LogP contribution in [0, 0.1) is 0 Å². The Hall–Kier alpha value is -1.88. The van der Waals surface area contributed by atoms with Gasteiger partial charge in [-0.2, -0.15) is 0 Å². The zero-order valence-corrected chi connectivity index (χ0v) is 11.5. The van der Waals surface area contributed by atoms with E-state index in [4.69, 9.17) is 4.74 Å². The standard InChI is InChI=1S/C15H18N2O3/c1-2-17-14(18)9-12(15(17)19)16-11-7-8-20-13-6-4-3-5-10(11)13/h3-6,11-12,16H,2,7-9H2,1H3. The first-order chi connectivity index (χ1) is 9.70. The number of benzene rings is 1. The Morgan fingerprint density at radius 2 is 2.10 bits per heavy atom. The number of fused-ring (bicyclic) bond motifs is 1. The number of rotatable bonds is 3. The molecule has 0 aromatic heterocycles. The smallest absolute Gasteiger partial charge is 0.246 e. The molecule has 2 unspecified atom stereocenters. The number of nitrogens with one attached hydrogen (secondary N) is 1. The van der Waals surface area contributed by atoms with Gasteiger partial charge in [-0.25, -0.2) is 0 Å². The predicted molar refractivity (Wildman–Crippen MR) is 73.2 cm³/mol. The molecule has 1 N–H and O–H groups in total. The van der Waals surface area contributed by atoms with Gasteiger partial charge in [0, 0.05) is 24.6 Å². The number of carbonyl (C=O) groups is 2. The Morgan fingerprint density at radius 1 is 1.30 bits per heavy atom. The van der Waals surface area contributed by atoms with E-state index in [-0.39, 0.29) is 24.3 Å². The van der Waals surface area contributed by atoms with Crippen LogP contribution < -0.4 is 10.1 Å². The van der Waals surface area contributed by atoms with Crippen molar-refractivity contribution in [2.24, 2.45) is 0 Å². The summed E-state index contributed by atoms with van der Waals surface area (Å²) in [4.78, 5) is 25.2. The molecule has 0 radical (unpaired) electrons. The largest absolute Gasteiger partial charge is 0.493 e. The van der Waals surface area contributed by atoms with Gasteiger partial charge in [0.25, 0.3) is 0 Å². The topological polar surface area (TPSA) is 58.6 Å². The first kappa shape index (κ1) is 13.1. The lowest BCUT2D eigenvalue weighted by Gasteiger charge is -2.28. The molecule has 2 aliphatic rings. The molecule has 2 amide bonds. The molecule has 0 saturated carbocycles. The van der Waals surface area contributed by atoms with Crippen molar-refractivity contribution in [1.29, 1.82) is 0 Å². The third kappa shape index (κ3) is 2.18. The Bertz CT molecular complexity index is 544. The lowest BCUT2D eigenvalue weighted by atomic mass is 9.99. The third-order valence-electron chi connectivity index (χ3n) is 3.92. The van der Waals surface area contributed by atoms with E-state index in [0.29, 0.717) is 13.2 Å². The van der Waals surface area contributed by atoms with Gasteiger partial charge in [0.2, 0.25) is 11.8 Å². The van der Waals surface area contributed by atoms with E-state index in [0.717, 1.165) is 17.7 Å². The normalized spacial score (nSPS) is 25.6. The minimum Gasteiger partial charge on any atom is -0.493 e. The molecule has 0 spiro atoms. The molecule has 1 aromatic carbocycles. The minimum absolute atomic E-state index is 0.0681. The van der Waals surface area contributed by atoms with E-state index >= 15 is 0 Å². The van der Waals surface area contributed by atoms with Crippen molar-refractivity contribution in [3.63, 3.8) is 0 Å². The van der Waals surface area contributed by atoms with Crippen LogP contribution in [0.3, 0.4) is 0 Å². The third-order valence-corrected chi connectivity index (χ3v) is 3.92. The van der Waals surface area contributed by atoms with Crippen LogP contribution >= 0.6 is 0 Å². The Morgan fingerprint density at radius 3 is 2.85 bits per heavy atom. The number of carbonyl (C=O) groups excluding carboxylic acids is 2. The molecule has 1 saturated heterocycles. The van der Waals surface area contributed by atoms with E-state index in [1.807, 2.05) is 31.2 Å². The number of imide groups is 1. The second-order valence-electron chi connectivity index (χ2n) is 5.13. The number of hydrogen-bond donors (Lipinski definition) is 1. The molecule has 0 bridgehead atoms. The molecule has 2 aliphatic heterocycles. The highest BCUT2D eigenvalue weighted by Crippen LogP contribution is 2.32. The van der Waals surface area contributed by atoms with E-state index in [1.165, 1.54) is 4.90 Å². The van der Waals surface area contributed by atoms with Crippen LogP contribution in [-0.4, -0.2) is 35.9 Å². The van der Waals surface area contributed by atoms with Crippen molar-refractivity contribution in [3.8, 4) is 5.75 Å². The molecule has 5 heteroatoms. The van der Waals surface area contributed by atoms with Crippen molar-refractivity contribution >= 4 is 11.8 Å². The second-order valence-corrected chi connectivity index (χ2v) is 5.13. The number of nitrogens with zero attached hydrogens (tertiary/aromatic N) is 1. The fourth-order valence-electron chi connectivity index (χ4n) is 2.90. The van der Waals surface area contributed by atoms with E-state index in [9.17, 15) is 9.59 Å². The molecule has 1 fully saturated rings. The van der Waals surface area contributed by atoms with Gasteiger partial charge in [0.15, 0.2) is 0 Å². The summed E-state index contributed by atoms with van der Waals surface area (Å²) < 4.78 is 5.61. The van der Waals surface area contributed by atoms with Gasteiger partial charge >= 0.3 is 0 Å². The highest BCUT2D eigenvalue weighted by atomic mass is 16.5. The molecule has 3 rings (SSSR count). The Labute approximate surface area is 117 Å². The van der Waals surface area contributed by atoms with Crippen LogP contribution in [-0.2, 0) is 9.59 Å². The molecular formula is C15H18N2O3. The molecule has 2 atom stereocenters. The fraction of sp³-hybridized carbons (Fsp3) is 0.467. The fourth-order valence-corrected chi connectivity index (χ4v) is 2.90. The number of likely N-dealkylation sites (N-methyl/N-ethyl adjacent to an activating group) is 1. The van der Waals surface area contributed by atoms with Crippen molar-refractivity contribution in [2.75, 3.05) is 13.2 Å². The summed E-state index contributed by atoms with van der Waals surface area (Å²) in [5.41, 5.74) is 1.06. The van der Waals surface area contributed by atoms with Gasteiger partial charge in [-0.3, -0.25) is 19.8 Å². The highest BCUT2D eigenvalue weighted by Gasteiger charge is 2.39. The van der Waals surface area contributed by atoms with E-state index < -0.39 is 6.04 Å². The van der Waals surface area contributed by atoms with Crippen molar-refractivity contribution in [2.45, 2.75) is 31.8 Å². The molecular weight excluding hydrogens is 256 g/mol. The summed E-state index contributed by atoms with van der Waals surface area (Å²) >= 11 is 0. The zero-order valence-electron chi connectivity index (χ0n) is 11.5. The van der Waals surface area contributed by atoms with Crippen molar-refractivity contribution in [3.05, 3.63) is 29.8 Å². The number of amides is 2. The summed E-state index contributed by atoms with van der Waals surface area (Å²) in [7, 11) is 0. The van der Waals surface area contributed by atoms with E-state index in [2.05, 4.69) is 5.32 Å². The van der Waals surface area contributed by atoms with Gasteiger partial charge in [0.05, 0.1) is 19.1 Å². The summed E-state index contributed by atoms with van der Waals surface area (Å²) in [6.07, 6.45) is 1.06. The van der Waals surface area contributed by atoms with Crippen molar-refractivity contribution in [1.82, 2.24) is 10.2 Å². The monoisotopic (exact) mass is 274 g/mol. The summed E-state index contributed by atoms with van der Waals surface area (Å²) in [5.74, 6) is 0.664. The Kier molecular flexibility index (Phi) is 3.44. The molecule has 2 heterocycles. The average Bonchev–Trinajstić information content (AvgIpc) is 2.73. The second kappa shape index (κ2) is 5.25. The summed E-state index contributed by atoms with van der Waals surface area (Å²) in [6, 6.07) is 7.50. The summed E-state index contributed by atoms with van der Waals surface area (Å²) in [6.45, 7) is 2.89. The average molecular weight is 274 g/mol. The Balaban J connectivity index is 1.77. The van der Waals surface area contributed by atoms with Crippen LogP contribution in [0.2, 0.25) is 0 Å². The molecule has 106 valence electrons. The zero-order chi connectivity index (χ0) is 14.1. The van der Waals surface area contributed by atoms with Gasteiger partial charge in [-0.1, -0.05) is 18.2 Å². The first-order valence-electron chi connectivity index (χ1n) is 7.02. The highest BCUT2D eigenvalue weighted by molar-refractivity contribution is 6.05. The van der Waals surface area contributed by atoms with Gasteiger partial charge < -0.3 is 4.74 Å². The minimum atomic E-state index is -0.404. The molecule has 0 aliphatic carbocycles. The molecule has 1 aromatic rings. The number of likely N-dealkylation sites (tertiary alicyclic amines) is 1. The molecule has 5 nitrogen and oxygen atoms in total. The number of hydrogen-bond acceptors (Lipinski definition) is 4. The lowest BCUT2D eigenvalue weighted by Crippen LogP contribution is -2.41. The SMILES string of the molecule is CCN1C(=O)CC(NC2CCOc3ccccc32)C1=O. The maximum Gasteiger partial charge on any atom is 0.246 e. The number of ether oxygens (including phenoxy) is 1. The molecule has 20 heavy (non-hydrogen) atoms. The first-order valence-corrected chi connectivity index (χ1v) is 7.02. The maximum absolute atomic E-state index is 12.1. The van der Waals surface area contributed by atoms with Crippen LogP contribution in [0.5, 0.6) is 5.75 Å².